The lowest BCUT2D eigenvalue weighted by Gasteiger charge is -2.35. The number of methoxy groups -OCH3 is 8. The summed E-state index contributed by atoms with van der Waals surface area (Å²) in [6.07, 6.45) is 0.673. The highest BCUT2D eigenvalue weighted by Crippen LogP contribution is 2.54. The molecule has 0 aromatic heterocycles. The van der Waals surface area contributed by atoms with E-state index < -0.39 is 17.8 Å². The van der Waals surface area contributed by atoms with Crippen LogP contribution >= 0.6 is 0 Å². The van der Waals surface area contributed by atoms with Gasteiger partial charge in [-0.3, -0.25) is 9.59 Å². The molecule has 1 heterocycles. The largest absolute Gasteiger partial charge is 0.497 e. The average molecular weight is 671 g/mol. The van der Waals surface area contributed by atoms with Gasteiger partial charge in [-0.25, -0.2) is 0 Å². The Morgan fingerprint density at radius 1 is 0.653 bits per heavy atom. The zero-order valence-corrected chi connectivity index (χ0v) is 28.6. The number of ether oxygens (including phenoxy) is 9. The zero-order chi connectivity index (χ0) is 35.2. The Morgan fingerprint density at radius 3 is 1.78 bits per heavy atom. The van der Waals surface area contributed by atoms with Crippen molar-refractivity contribution in [3.8, 4) is 46.0 Å². The van der Waals surface area contributed by atoms with E-state index in [4.69, 9.17) is 42.6 Å². The number of Topliss-reactive ketones (excluding diaryl/α,β-unsaturated/α-hetero) is 2. The van der Waals surface area contributed by atoms with Crippen LogP contribution in [0.4, 0.5) is 0 Å². The van der Waals surface area contributed by atoms with Gasteiger partial charge in [-0.1, -0.05) is 24.3 Å². The summed E-state index contributed by atoms with van der Waals surface area (Å²) in [5.41, 5.74) is 1.83. The van der Waals surface area contributed by atoms with Crippen LogP contribution in [0, 0.1) is 0 Å². The highest BCUT2D eigenvalue weighted by molar-refractivity contribution is 6.15. The predicted octanol–water partition coefficient (Wildman–Crippen LogP) is 6.72. The molecular weight excluding hydrogens is 632 g/mol. The van der Waals surface area contributed by atoms with Gasteiger partial charge in [-0.05, 0) is 41.5 Å². The van der Waals surface area contributed by atoms with E-state index in [9.17, 15) is 9.59 Å². The number of hydrogen-bond acceptors (Lipinski definition) is 11. The molecule has 0 unspecified atom stereocenters. The van der Waals surface area contributed by atoms with Gasteiger partial charge in [0.1, 0.15) is 63.2 Å². The zero-order valence-electron chi connectivity index (χ0n) is 28.6. The molecule has 49 heavy (non-hydrogen) atoms. The first kappa shape index (κ1) is 34.5. The van der Waals surface area contributed by atoms with Crippen molar-refractivity contribution in [3.63, 3.8) is 0 Å². The first-order valence-corrected chi connectivity index (χ1v) is 15.1. The van der Waals surface area contributed by atoms with Crippen molar-refractivity contribution >= 4 is 17.6 Å². The molecule has 2 atom stereocenters. The molecule has 11 heteroatoms. The van der Waals surface area contributed by atoms with Crippen LogP contribution in [0.5, 0.6) is 46.0 Å². The maximum atomic E-state index is 14.9. The highest BCUT2D eigenvalue weighted by atomic mass is 16.5. The normalized spacial score (nSPS) is 15.3. The minimum Gasteiger partial charge on any atom is -0.497 e. The van der Waals surface area contributed by atoms with E-state index in [1.165, 1.54) is 42.7 Å². The smallest absolute Gasteiger partial charge is 0.235 e. The summed E-state index contributed by atoms with van der Waals surface area (Å²) in [6.45, 7) is 0. The Kier molecular flexibility index (Phi) is 10.5. The number of ketones is 2. The number of hydrogen-bond donors (Lipinski definition) is 0. The quantitative estimate of drug-likeness (QED) is 0.0858. The van der Waals surface area contributed by atoms with E-state index in [1.54, 1.807) is 87.0 Å². The van der Waals surface area contributed by atoms with E-state index in [0.29, 0.717) is 28.4 Å². The predicted molar refractivity (Wildman–Crippen MR) is 181 cm³/mol. The fraction of sp³-hybridized carbons (Fsp3) is 0.263. The third-order valence-electron chi connectivity index (χ3n) is 8.31. The molecule has 0 spiro atoms. The molecule has 4 aromatic rings. The number of benzene rings is 4. The third-order valence-corrected chi connectivity index (χ3v) is 8.31. The lowest BCUT2D eigenvalue weighted by molar-refractivity contribution is 0.0765. The van der Waals surface area contributed by atoms with Crippen LogP contribution in [0.1, 0.15) is 49.4 Å². The summed E-state index contributed by atoms with van der Waals surface area (Å²) >= 11 is 0. The number of allylic oxidation sites excluding steroid dienone is 1. The number of carbonyl (C=O) groups is 2. The fourth-order valence-corrected chi connectivity index (χ4v) is 5.89. The summed E-state index contributed by atoms with van der Waals surface area (Å²) in [6, 6.07) is 19.1. The number of carbonyl (C=O) groups excluding carboxylic acids is 2. The standard InChI is InChI=1S/C38H38O11/c1-41-23-13-9-21(10-14-23)17-30(47-7)35(39)33-28(46-6)20-27(45-5)32(38(33)48-8)34-36(40)31-26(44-4)18-25(43-3)19-29(31)49-37(34)22-11-15-24(42-2)16-12-22/h9-20,34,37H,1-8H3/b30-17-/t34-,37+/m0/s1. The molecule has 4 aromatic carbocycles. The Morgan fingerprint density at radius 2 is 1.24 bits per heavy atom. The highest BCUT2D eigenvalue weighted by Gasteiger charge is 2.46. The van der Waals surface area contributed by atoms with Crippen molar-refractivity contribution in [2.75, 3.05) is 56.9 Å². The average Bonchev–Trinajstić information content (AvgIpc) is 3.15. The minimum atomic E-state index is -1.10. The number of rotatable bonds is 13. The van der Waals surface area contributed by atoms with Crippen molar-refractivity contribution in [2.45, 2.75) is 12.0 Å². The Hall–Kier alpha value is -5.84. The van der Waals surface area contributed by atoms with Crippen molar-refractivity contribution < 1.29 is 52.2 Å². The van der Waals surface area contributed by atoms with Gasteiger partial charge in [0.15, 0.2) is 11.5 Å². The lowest BCUT2D eigenvalue weighted by atomic mass is 9.78. The van der Waals surface area contributed by atoms with E-state index in [1.807, 2.05) is 0 Å². The second-order valence-electron chi connectivity index (χ2n) is 10.8. The van der Waals surface area contributed by atoms with Crippen LogP contribution in [-0.2, 0) is 4.74 Å². The molecule has 0 radical (unpaired) electrons. The second-order valence-corrected chi connectivity index (χ2v) is 10.8. The molecule has 0 bridgehead atoms. The van der Waals surface area contributed by atoms with E-state index in [2.05, 4.69) is 0 Å². The van der Waals surface area contributed by atoms with Crippen molar-refractivity contribution in [3.05, 3.63) is 100 Å². The van der Waals surface area contributed by atoms with Gasteiger partial charge in [-0.15, -0.1) is 0 Å². The monoisotopic (exact) mass is 670 g/mol. The molecule has 0 fully saturated rings. The fourth-order valence-electron chi connectivity index (χ4n) is 5.89. The van der Waals surface area contributed by atoms with Gasteiger partial charge in [0.2, 0.25) is 5.78 Å². The maximum absolute atomic E-state index is 14.9. The van der Waals surface area contributed by atoms with Crippen LogP contribution in [0.15, 0.2) is 72.5 Å². The Balaban J connectivity index is 1.77. The third kappa shape index (κ3) is 6.52. The lowest BCUT2D eigenvalue weighted by Crippen LogP contribution is -2.31. The molecule has 256 valence electrons. The molecule has 5 rings (SSSR count). The molecule has 11 nitrogen and oxygen atoms in total. The molecule has 0 aliphatic carbocycles. The summed E-state index contributed by atoms with van der Waals surface area (Å²) in [7, 11) is 11.8. The van der Waals surface area contributed by atoms with E-state index >= 15 is 0 Å². The minimum absolute atomic E-state index is 0.00470. The molecule has 1 aliphatic heterocycles. The van der Waals surface area contributed by atoms with Crippen LogP contribution in [0.2, 0.25) is 0 Å². The van der Waals surface area contributed by atoms with Gasteiger partial charge in [-0.2, -0.15) is 0 Å². The summed E-state index contributed by atoms with van der Waals surface area (Å²) in [5.74, 6) is 0.668. The first-order valence-electron chi connectivity index (χ1n) is 15.1. The summed E-state index contributed by atoms with van der Waals surface area (Å²) < 4.78 is 51.6. The van der Waals surface area contributed by atoms with Gasteiger partial charge in [0.05, 0.1) is 68.4 Å². The van der Waals surface area contributed by atoms with E-state index in [-0.39, 0.29) is 57.0 Å². The van der Waals surface area contributed by atoms with Crippen LogP contribution in [0.25, 0.3) is 6.08 Å². The van der Waals surface area contributed by atoms with Crippen LogP contribution in [-0.4, -0.2) is 68.4 Å². The van der Waals surface area contributed by atoms with Gasteiger partial charge in [0.25, 0.3) is 0 Å². The SMILES string of the molecule is CO/C(=C\c1ccc(OC)cc1)C(=O)c1c(OC)cc(OC)c([C@H]2C(=O)c3c(OC)cc(OC)cc3O[C@@H]2c2ccc(OC)cc2)c1OC. The van der Waals surface area contributed by atoms with Crippen LogP contribution in [0.3, 0.4) is 0 Å². The van der Waals surface area contributed by atoms with Crippen molar-refractivity contribution in [2.24, 2.45) is 0 Å². The molecule has 1 aliphatic rings. The number of fused-ring (bicyclic) bond motifs is 1. The maximum Gasteiger partial charge on any atom is 0.235 e. The van der Waals surface area contributed by atoms with Gasteiger partial charge >= 0.3 is 0 Å². The topological polar surface area (TPSA) is 117 Å². The summed E-state index contributed by atoms with van der Waals surface area (Å²) in [5, 5.41) is 0. The summed E-state index contributed by atoms with van der Waals surface area (Å²) in [4.78, 5) is 29.2. The Bertz CT molecular complexity index is 1860. The van der Waals surface area contributed by atoms with Crippen molar-refractivity contribution in [1.82, 2.24) is 0 Å². The van der Waals surface area contributed by atoms with E-state index in [0.717, 1.165) is 0 Å². The van der Waals surface area contributed by atoms with Crippen LogP contribution < -0.4 is 37.9 Å². The van der Waals surface area contributed by atoms with Gasteiger partial charge in [0, 0.05) is 18.2 Å². The Labute approximate surface area is 284 Å². The molecule has 0 saturated carbocycles. The molecule has 0 saturated heterocycles. The van der Waals surface area contributed by atoms with Gasteiger partial charge < -0.3 is 42.6 Å². The second kappa shape index (κ2) is 14.9. The first-order chi connectivity index (χ1) is 23.8. The van der Waals surface area contributed by atoms with Crippen molar-refractivity contribution in [1.29, 1.82) is 0 Å². The molecular formula is C38H38O11. The molecule has 0 amide bonds. The molecule has 0 N–H and O–H groups in total.